The van der Waals surface area contributed by atoms with E-state index in [0.29, 0.717) is 29.1 Å². The molecule has 2 heterocycles. The normalized spacial score (nSPS) is 13.4. The first-order chi connectivity index (χ1) is 17.2. The fourth-order valence-electron chi connectivity index (χ4n) is 4.09. The zero-order valence-electron chi connectivity index (χ0n) is 19.8. The summed E-state index contributed by atoms with van der Waals surface area (Å²) in [6, 6.07) is 10.4. The second kappa shape index (κ2) is 10.1. The summed E-state index contributed by atoms with van der Waals surface area (Å²) in [5, 5.41) is 4.97. The van der Waals surface area contributed by atoms with Gasteiger partial charge in [-0.25, -0.2) is 18.4 Å². The molecule has 0 unspecified atom stereocenters. The van der Waals surface area contributed by atoms with Gasteiger partial charge in [-0.2, -0.15) is 0 Å². The van der Waals surface area contributed by atoms with Gasteiger partial charge in [0.05, 0.1) is 24.7 Å². The molecule has 2 aromatic carbocycles. The van der Waals surface area contributed by atoms with E-state index in [1.807, 2.05) is 26.0 Å². The summed E-state index contributed by atoms with van der Waals surface area (Å²) in [6.45, 7) is 4.04. The van der Waals surface area contributed by atoms with Gasteiger partial charge in [-0.1, -0.05) is 26.0 Å². The predicted octanol–water partition coefficient (Wildman–Crippen LogP) is 4.82. The Morgan fingerprint density at radius 3 is 2.36 bits per heavy atom. The average Bonchev–Trinajstić information content (AvgIpc) is 3.17. The van der Waals surface area contributed by atoms with E-state index in [0.717, 1.165) is 17.7 Å². The number of rotatable bonds is 6. The number of nitrogens with zero attached hydrogens (tertiary/aromatic N) is 2. The molecule has 1 atom stereocenters. The SMILES string of the molecule is COC(=O)[C@H](C(C)C)N1Cc2ccc(-c3ccc(NC(=O)Nc4ccc(F)c(F)c4)cn3)cc2C1=O. The van der Waals surface area contributed by atoms with E-state index in [-0.39, 0.29) is 17.5 Å². The summed E-state index contributed by atoms with van der Waals surface area (Å²) in [4.78, 5) is 43.4. The van der Waals surface area contributed by atoms with Crippen LogP contribution in [0.3, 0.4) is 0 Å². The molecule has 3 aromatic rings. The number of aromatic nitrogens is 1. The Labute approximate surface area is 206 Å². The maximum atomic E-state index is 13.3. The van der Waals surface area contributed by atoms with Crippen LogP contribution >= 0.6 is 0 Å². The molecule has 0 saturated heterocycles. The van der Waals surface area contributed by atoms with Crippen molar-refractivity contribution >= 4 is 29.3 Å². The molecule has 2 N–H and O–H groups in total. The van der Waals surface area contributed by atoms with Crippen LogP contribution in [0.5, 0.6) is 0 Å². The molecule has 8 nitrogen and oxygen atoms in total. The third-order valence-corrected chi connectivity index (χ3v) is 5.85. The lowest BCUT2D eigenvalue weighted by atomic mass is 10.0. The van der Waals surface area contributed by atoms with Crippen LogP contribution in [-0.2, 0) is 16.1 Å². The Morgan fingerprint density at radius 1 is 1.00 bits per heavy atom. The fourth-order valence-corrected chi connectivity index (χ4v) is 4.09. The number of pyridine rings is 1. The first kappa shape index (κ1) is 24.8. The van der Waals surface area contributed by atoms with E-state index in [2.05, 4.69) is 15.6 Å². The van der Waals surface area contributed by atoms with Crippen molar-refractivity contribution in [2.75, 3.05) is 17.7 Å². The quantitative estimate of drug-likeness (QED) is 0.479. The Kier molecular flexibility index (Phi) is 6.96. The first-order valence-electron chi connectivity index (χ1n) is 11.2. The number of ether oxygens (including phenoxy) is 1. The van der Waals surface area contributed by atoms with Crippen LogP contribution in [0, 0.1) is 17.6 Å². The van der Waals surface area contributed by atoms with Gasteiger partial charge in [0.15, 0.2) is 11.6 Å². The maximum absolute atomic E-state index is 13.3. The highest BCUT2D eigenvalue weighted by molar-refractivity contribution is 6.02. The van der Waals surface area contributed by atoms with Gasteiger partial charge < -0.3 is 20.3 Å². The number of anilines is 2. The molecule has 36 heavy (non-hydrogen) atoms. The molecular formula is C26H24F2N4O4. The third kappa shape index (κ3) is 5.02. The summed E-state index contributed by atoms with van der Waals surface area (Å²) in [6.07, 6.45) is 1.44. The Balaban J connectivity index is 1.46. The Bertz CT molecular complexity index is 1330. The molecule has 10 heteroatoms. The van der Waals surface area contributed by atoms with Crippen LogP contribution in [0.2, 0.25) is 0 Å². The van der Waals surface area contributed by atoms with E-state index >= 15 is 0 Å². The maximum Gasteiger partial charge on any atom is 0.328 e. The van der Waals surface area contributed by atoms with Gasteiger partial charge in [-0.15, -0.1) is 0 Å². The lowest BCUT2D eigenvalue weighted by molar-refractivity contribution is -0.147. The van der Waals surface area contributed by atoms with E-state index in [9.17, 15) is 23.2 Å². The van der Waals surface area contributed by atoms with Crippen molar-refractivity contribution in [3.8, 4) is 11.3 Å². The van der Waals surface area contributed by atoms with Crippen molar-refractivity contribution in [1.82, 2.24) is 9.88 Å². The number of carbonyl (C=O) groups excluding carboxylic acids is 3. The lowest BCUT2D eigenvalue weighted by Crippen LogP contribution is -2.45. The molecule has 4 rings (SSSR count). The molecule has 0 spiro atoms. The van der Waals surface area contributed by atoms with Crippen LogP contribution < -0.4 is 10.6 Å². The largest absolute Gasteiger partial charge is 0.467 e. The highest BCUT2D eigenvalue weighted by Gasteiger charge is 2.38. The zero-order chi connectivity index (χ0) is 26.0. The van der Waals surface area contributed by atoms with Gasteiger partial charge in [0, 0.05) is 29.4 Å². The molecule has 0 bridgehead atoms. The van der Waals surface area contributed by atoms with E-state index in [1.165, 1.54) is 24.3 Å². The van der Waals surface area contributed by atoms with Crippen molar-refractivity contribution in [1.29, 1.82) is 0 Å². The molecule has 1 aliphatic heterocycles. The number of benzene rings is 2. The van der Waals surface area contributed by atoms with Crippen LogP contribution in [0.25, 0.3) is 11.3 Å². The number of carbonyl (C=O) groups is 3. The molecule has 0 aliphatic carbocycles. The standard InChI is InChI=1S/C26H24F2N4O4/c1-14(2)23(25(34)36-3)32-13-16-5-4-15(10-19(16)24(32)33)22-9-7-18(12-29-22)31-26(35)30-17-6-8-20(27)21(28)11-17/h4-12,14,23H,13H2,1-3H3,(H2,30,31,35)/t23-/m0/s1. The topological polar surface area (TPSA) is 101 Å². The van der Waals surface area contributed by atoms with Gasteiger partial charge in [0.1, 0.15) is 6.04 Å². The number of halogens is 2. The van der Waals surface area contributed by atoms with E-state index < -0.39 is 29.7 Å². The van der Waals surface area contributed by atoms with Gasteiger partial charge in [-0.3, -0.25) is 9.78 Å². The molecule has 0 fully saturated rings. The molecule has 1 aliphatic rings. The number of esters is 1. The molecule has 0 saturated carbocycles. The molecule has 1 aromatic heterocycles. The van der Waals surface area contributed by atoms with Crippen LogP contribution in [0.4, 0.5) is 25.0 Å². The van der Waals surface area contributed by atoms with Crippen LogP contribution in [0.15, 0.2) is 54.7 Å². The summed E-state index contributed by atoms with van der Waals surface area (Å²) in [5.41, 5.74) is 3.05. The van der Waals surface area contributed by atoms with Crippen molar-refractivity contribution in [3.63, 3.8) is 0 Å². The summed E-state index contributed by atoms with van der Waals surface area (Å²) in [7, 11) is 1.31. The number of hydrogen-bond donors (Lipinski definition) is 2. The second-order valence-corrected chi connectivity index (χ2v) is 8.66. The average molecular weight is 494 g/mol. The van der Waals surface area contributed by atoms with Gasteiger partial charge in [0.2, 0.25) is 0 Å². The summed E-state index contributed by atoms with van der Waals surface area (Å²) >= 11 is 0. The molecule has 0 radical (unpaired) electrons. The van der Waals surface area contributed by atoms with Gasteiger partial charge in [0.25, 0.3) is 5.91 Å². The summed E-state index contributed by atoms with van der Waals surface area (Å²) < 4.78 is 31.3. The minimum atomic E-state index is -1.07. The second-order valence-electron chi connectivity index (χ2n) is 8.66. The third-order valence-electron chi connectivity index (χ3n) is 5.85. The number of hydrogen-bond acceptors (Lipinski definition) is 5. The Morgan fingerprint density at radius 2 is 1.72 bits per heavy atom. The Hall–Kier alpha value is -4.34. The number of fused-ring (bicyclic) bond motifs is 1. The van der Waals surface area contributed by atoms with Gasteiger partial charge in [-0.05, 0) is 41.8 Å². The van der Waals surface area contributed by atoms with E-state index in [1.54, 1.807) is 18.2 Å². The molecule has 186 valence electrons. The number of urea groups is 1. The predicted molar refractivity (Wildman–Crippen MR) is 129 cm³/mol. The number of amides is 3. The van der Waals surface area contributed by atoms with Crippen LogP contribution in [-0.4, -0.2) is 40.9 Å². The lowest BCUT2D eigenvalue weighted by Gasteiger charge is -2.28. The minimum absolute atomic E-state index is 0.0970. The summed E-state index contributed by atoms with van der Waals surface area (Å²) in [5.74, 6) is -2.89. The van der Waals surface area contributed by atoms with Crippen molar-refractivity contribution in [2.45, 2.75) is 26.4 Å². The number of nitrogens with one attached hydrogen (secondary N) is 2. The monoisotopic (exact) mass is 494 g/mol. The van der Waals surface area contributed by atoms with Gasteiger partial charge >= 0.3 is 12.0 Å². The zero-order valence-corrected chi connectivity index (χ0v) is 19.8. The smallest absolute Gasteiger partial charge is 0.328 e. The fraction of sp³-hybridized carbons (Fsp3) is 0.231. The van der Waals surface area contributed by atoms with Crippen LogP contribution in [0.1, 0.15) is 29.8 Å². The molecular weight excluding hydrogens is 470 g/mol. The first-order valence-corrected chi connectivity index (χ1v) is 11.2. The highest BCUT2D eigenvalue weighted by Crippen LogP contribution is 2.31. The minimum Gasteiger partial charge on any atom is -0.467 e. The highest BCUT2D eigenvalue weighted by atomic mass is 19.2. The van der Waals surface area contributed by atoms with Crippen molar-refractivity contribution < 1.29 is 27.9 Å². The van der Waals surface area contributed by atoms with Crippen molar-refractivity contribution in [3.05, 3.63) is 77.5 Å². The number of methoxy groups -OCH3 is 1. The van der Waals surface area contributed by atoms with E-state index in [4.69, 9.17) is 4.74 Å². The molecule has 3 amide bonds. The van der Waals surface area contributed by atoms with Crippen molar-refractivity contribution in [2.24, 2.45) is 5.92 Å².